The maximum atomic E-state index is 2.61. The quantitative estimate of drug-likeness (QED) is 0.290. The summed E-state index contributed by atoms with van der Waals surface area (Å²) in [5.74, 6) is 0.753. The van der Waals surface area contributed by atoms with E-state index >= 15 is 0 Å². The third kappa shape index (κ3) is 3.96. The molecule has 0 unspecified atom stereocenters. The minimum Gasteiger partial charge on any atom is -0.200 e. The summed E-state index contributed by atoms with van der Waals surface area (Å²) >= 11 is 0. The molecule has 0 saturated heterocycles. The van der Waals surface area contributed by atoms with Gasteiger partial charge in [0.1, 0.15) is 7.05 Å². The van der Waals surface area contributed by atoms with E-state index in [1.165, 1.54) is 85.4 Å². The number of aromatic nitrogens is 1. The van der Waals surface area contributed by atoms with Crippen LogP contribution < -0.4 is 9.75 Å². The molecule has 1 nitrogen and oxygen atoms in total. The van der Waals surface area contributed by atoms with Crippen LogP contribution in [0, 0.1) is 6.92 Å². The molecule has 2 aromatic carbocycles. The fourth-order valence-corrected chi connectivity index (χ4v) is 9.94. The van der Waals surface area contributed by atoms with Crippen molar-refractivity contribution in [3.8, 4) is 11.3 Å². The SMILES string of the molecule is Cc1ccc(C2CCCC2)cc1-c1c2ccc([Si](C)(C)C3CCCCC3)cc2cc[n+]1C. The van der Waals surface area contributed by atoms with E-state index in [1.807, 2.05) is 0 Å². The average molecular weight is 443 g/mol. The number of pyridine rings is 1. The van der Waals surface area contributed by atoms with Crippen LogP contribution >= 0.6 is 0 Å². The molecule has 2 aliphatic carbocycles. The lowest BCUT2D eigenvalue weighted by Crippen LogP contribution is -2.46. The third-order valence-electron chi connectivity index (χ3n) is 8.85. The van der Waals surface area contributed by atoms with E-state index in [0.29, 0.717) is 0 Å². The Morgan fingerprint density at radius 3 is 2.28 bits per heavy atom. The second-order valence-electron chi connectivity index (χ2n) is 11.2. The lowest BCUT2D eigenvalue weighted by Gasteiger charge is -2.36. The standard InChI is InChI=1S/C30H40NSi/c1-22-14-15-24(23-10-8-9-11-23)21-29(22)30-28-17-16-27(20-25(28)18-19-31(30)2)32(3,4)26-12-6-5-7-13-26/h14-21,23,26H,5-13H2,1-4H3/q+1. The molecule has 0 bridgehead atoms. The zero-order valence-corrected chi connectivity index (χ0v) is 21.6. The molecule has 0 amide bonds. The Hall–Kier alpha value is -1.93. The summed E-state index contributed by atoms with van der Waals surface area (Å²) in [7, 11) is 0.763. The Kier molecular flexibility index (Phi) is 6.01. The predicted octanol–water partition coefficient (Wildman–Crippen LogP) is 7.55. The van der Waals surface area contributed by atoms with Crippen LogP contribution in [0.15, 0.2) is 48.7 Å². The Balaban J connectivity index is 1.59. The van der Waals surface area contributed by atoms with Crippen molar-refractivity contribution in [1.82, 2.24) is 0 Å². The first kappa shape index (κ1) is 21.9. The fourth-order valence-electron chi connectivity index (χ4n) is 6.58. The maximum Gasteiger partial charge on any atom is 0.220 e. The van der Waals surface area contributed by atoms with Crippen molar-refractivity contribution >= 4 is 24.0 Å². The van der Waals surface area contributed by atoms with Gasteiger partial charge in [0.05, 0.1) is 13.5 Å². The molecule has 0 atom stereocenters. The second kappa shape index (κ2) is 8.78. The number of nitrogens with zero attached hydrogens (tertiary/aromatic N) is 1. The van der Waals surface area contributed by atoms with Crippen molar-refractivity contribution in [3.63, 3.8) is 0 Å². The summed E-state index contributed by atoms with van der Waals surface area (Å²) < 4.78 is 2.34. The largest absolute Gasteiger partial charge is 0.220 e. The first-order valence-corrected chi connectivity index (χ1v) is 16.1. The molecule has 2 fully saturated rings. The van der Waals surface area contributed by atoms with Crippen molar-refractivity contribution in [3.05, 3.63) is 59.8 Å². The van der Waals surface area contributed by atoms with Gasteiger partial charge in [0.25, 0.3) is 0 Å². The fraction of sp³-hybridized carbons (Fsp3) is 0.500. The topological polar surface area (TPSA) is 3.88 Å². The summed E-state index contributed by atoms with van der Waals surface area (Å²) in [4.78, 5) is 0. The highest BCUT2D eigenvalue weighted by atomic mass is 28.3. The van der Waals surface area contributed by atoms with E-state index in [-0.39, 0.29) is 0 Å². The predicted molar refractivity (Wildman–Crippen MR) is 140 cm³/mol. The van der Waals surface area contributed by atoms with E-state index in [1.54, 1.807) is 10.8 Å². The summed E-state index contributed by atoms with van der Waals surface area (Å²) in [5.41, 5.74) is 6.67. The Morgan fingerprint density at radius 1 is 0.812 bits per heavy atom. The molecule has 0 N–H and O–H groups in total. The normalized spacial score (nSPS) is 18.5. The monoisotopic (exact) mass is 442 g/mol. The van der Waals surface area contributed by atoms with Crippen molar-refractivity contribution < 1.29 is 4.57 Å². The van der Waals surface area contributed by atoms with E-state index < -0.39 is 8.07 Å². The van der Waals surface area contributed by atoms with Gasteiger partial charge < -0.3 is 0 Å². The molecule has 0 radical (unpaired) electrons. The minimum absolute atomic E-state index is 0.753. The number of rotatable bonds is 4. The smallest absolute Gasteiger partial charge is 0.200 e. The van der Waals surface area contributed by atoms with Gasteiger partial charge in [-0.15, -0.1) is 0 Å². The number of benzene rings is 2. The number of hydrogen-bond donors (Lipinski definition) is 0. The molecule has 2 heteroatoms. The van der Waals surface area contributed by atoms with Crippen molar-refractivity contribution in [1.29, 1.82) is 0 Å². The Bertz CT molecular complexity index is 1120. The van der Waals surface area contributed by atoms with Crippen LogP contribution in [0.2, 0.25) is 18.6 Å². The molecule has 0 spiro atoms. The molecular weight excluding hydrogens is 402 g/mol. The van der Waals surface area contributed by atoms with Gasteiger partial charge in [-0.3, -0.25) is 0 Å². The highest BCUT2D eigenvalue weighted by Gasteiger charge is 2.34. The summed E-state index contributed by atoms with van der Waals surface area (Å²) in [6, 6.07) is 17.1. The second-order valence-corrected chi connectivity index (χ2v) is 16.0. The number of fused-ring (bicyclic) bond motifs is 1. The van der Waals surface area contributed by atoms with Crippen molar-refractivity contribution in [2.75, 3.05) is 0 Å². The highest BCUT2D eigenvalue weighted by molar-refractivity contribution is 6.91. The molecule has 2 aliphatic rings. The van der Waals surface area contributed by atoms with E-state index in [4.69, 9.17) is 0 Å². The van der Waals surface area contributed by atoms with E-state index in [2.05, 4.69) is 80.3 Å². The molecule has 5 rings (SSSR count). The summed E-state index contributed by atoms with van der Waals surface area (Å²) in [6.07, 6.45) is 15.0. The molecular formula is C30H40NSi+. The summed E-state index contributed by atoms with van der Waals surface area (Å²) in [5, 5.41) is 4.46. The van der Waals surface area contributed by atoms with Gasteiger partial charge in [-0.05, 0) is 59.9 Å². The van der Waals surface area contributed by atoms with E-state index in [9.17, 15) is 0 Å². The van der Waals surface area contributed by atoms with Crippen LogP contribution in [0.3, 0.4) is 0 Å². The molecule has 32 heavy (non-hydrogen) atoms. The van der Waals surface area contributed by atoms with Crippen LogP contribution in [0.25, 0.3) is 22.0 Å². The average Bonchev–Trinajstić information content (AvgIpc) is 3.35. The molecule has 0 aliphatic heterocycles. The first-order valence-electron chi connectivity index (χ1n) is 13.0. The zero-order valence-electron chi connectivity index (χ0n) is 20.6. The molecule has 168 valence electrons. The lowest BCUT2D eigenvalue weighted by atomic mass is 9.91. The van der Waals surface area contributed by atoms with Gasteiger partial charge in [0.15, 0.2) is 6.20 Å². The summed E-state index contributed by atoms with van der Waals surface area (Å²) in [6.45, 7) is 7.51. The molecule has 1 heterocycles. The Morgan fingerprint density at radius 2 is 1.53 bits per heavy atom. The van der Waals surface area contributed by atoms with Crippen LogP contribution in [0.4, 0.5) is 0 Å². The highest BCUT2D eigenvalue weighted by Crippen LogP contribution is 2.39. The van der Waals surface area contributed by atoms with Gasteiger partial charge in [0, 0.05) is 11.6 Å². The van der Waals surface area contributed by atoms with Gasteiger partial charge in [0.2, 0.25) is 5.69 Å². The maximum absolute atomic E-state index is 2.61. The van der Waals surface area contributed by atoms with Crippen LogP contribution in [0.1, 0.15) is 74.8 Å². The van der Waals surface area contributed by atoms with E-state index in [0.717, 1.165) is 11.5 Å². The van der Waals surface area contributed by atoms with Crippen molar-refractivity contribution in [2.45, 2.75) is 89.3 Å². The van der Waals surface area contributed by atoms with Gasteiger partial charge in [-0.1, -0.05) is 87.5 Å². The first-order chi connectivity index (χ1) is 15.4. The molecule has 3 aromatic rings. The lowest BCUT2D eigenvalue weighted by molar-refractivity contribution is -0.659. The van der Waals surface area contributed by atoms with Crippen molar-refractivity contribution in [2.24, 2.45) is 7.05 Å². The zero-order chi connectivity index (χ0) is 22.3. The van der Waals surface area contributed by atoms with Gasteiger partial charge in [-0.25, -0.2) is 4.57 Å². The minimum atomic E-state index is -1.45. The van der Waals surface area contributed by atoms with Crippen LogP contribution in [-0.2, 0) is 7.05 Å². The Labute approximate surface area is 195 Å². The van der Waals surface area contributed by atoms with Gasteiger partial charge >= 0.3 is 0 Å². The molecule has 1 aromatic heterocycles. The van der Waals surface area contributed by atoms with Crippen LogP contribution in [-0.4, -0.2) is 8.07 Å². The number of aryl methyl sites for hydroxylation is 2. The van der Waals surface area contributed by atoms with Crippen LogP contribution in [0.5, 0.6) is 0 Å². The van der Waals surface area contributed by atoms with Gasteiger partial charge in [-0.2, -0.15) is 0 Å². The molecule has 2 saturated carbocycles. The third-order valence-corrected chi connectivity index (χ3v) is 13.3. The number of hydrogen-bond acceptors (Lipinski definition) is 0.